The molecule has 0 radical (unpaired) electrons. The fourth-order valence-electron chi connectivity index (χ4n) is 12.5. The quantitative estimate of drug-likeness (QED) is 0.181. The number of rotatable bonds is 14. The lowest BCUT2D eigenvalue weighted by Gasteiger charge is -2.57. The molecular formula is C41H55F2N7O6S2. The number of hydrogen-bond donors (Lipinski definition) is 1. The largest absolute Gasteiger partial charge is 0.415 e. The molecule has 3 heterocycles. The van der Waals surface area contributed by atoms with Gasteiger partial charge in [-0.25, -0.2) is 16.8 Å². The third-order valence-corrected chi connectivity index (χ3v) is 16.4. The van der Waals surface area contributed by atoms with E-state index in [0.717, 1.165) is 54.8 Å². The molecule has 0 atom stereocenters. The summed E-state index contributed by atoms with van der Waals surface area (Å²) in [6.45, 7) is 1.54. The normalized spacial score (nSPS) is 31.0. The Bertz CT molecular complexity index is 2110. The molecule has 0 amide bonds. The summed E-state index contributed by atoms with van der Waals surface area (Å²) in [4.78, 5) is 20.3. The molecule has 3 aromatic rings. The smallest absolute Gasteiger partial charge is 0.314 e. The summed E-state index contributed by atoms with van der Waals surface area (Å²) in [5, 5.41) is 6.93. The molecule has 58 heavy (non-hydrogen) atoms. The summed E-state index contributed by atoms with van der Waals surface area (Å²) in [5.41, 5.74) is 7.75. The average Bonchev–Trinajstić information content (AvgIpc) is 3.64. The van der Waals surface area contributed by atoms with E-state index in [1.165, 1.54) is 82.7 Å². The Morgan fingerprint density at radius 1 is 0.724 bits per heavy atom. The molecule has 8 fully saturated rings. The van der Waals surface area contributed by atoms with Crippen molar-refractivity contribution in [2.75, 3.05) is 32.1 Å². The Labute approximate surface area is 340 Å². The summed E-state index contributed by atoms with van der Waals surface area (Å²) in [6, 6.07) is 6.74. The number of halogens is 2. The molecule has 0 aromatic carbocycles. The number of carbonyl (C=O) groups is 1. The number of alkyl halides is 2. The van der Waals surface area contributed by atoms with Gasteiger partial charge in [0.05, 0.1) is 49.1 Å². The van der Waals surface area contributed by atoms with Crippen LogP contribution in [0, 0.1) is 46.3 Å². The highest BCUT2D eigenvalue weighted by Crippen LogP contribution is 2.61. The number of nitrogens with two attached hydrogens (primary N) is 1. The summed E-state index contributed by atoms with van der Waals surface area (Å²) < 4.78 is 83.6. The molecular weight excluding hydrogens is 789 g/mol. The minimum absolute atomic E-state index is 0.0390. The third-order valence-electron chi connectivity index (χ3n) is 14.0. The first-order valence-electron chi connectivity index (χ1n) is 20.6. The number of carbonyl (C=O) groups excluding carboxylic acids is 1. The third kappa shape index (κ3) is 9.22. The van der Waals surface area contributed by atoms with Crippen LogP contribution in [-0.4, -0.2) is 83.5 Å². The van der Waals surface area contributed by atoms with E-state index >= 15 is 0 Å². The van der Waals surface area contributed by atoms with E-state index in [1.807, 2.05) is 0 Å². The molecule has 0 spiro atoms. The fraction of sp³-hybridized carbons (Fsp3) is 0.683. The second-order valence-corrected chi connectivity index (χ2v) is 22.8. The highest BCUT2D eigenvalue weighted by atomic mass is 32.2. The number of hydrogen-bond acceptors (Lipinski definition) is 11. The van der Waals surface area contributed by atoms with Crippen LogP contribution in [0.1, 0.15) is 111 Å². The van der Waals surface area contributed by atoms with Gasteiger partial charge in [0.25, 0.3) is 5.89 Å². The molecule has 8 aliphatic carbocycles. The zero-order chi connectivity index (χ0) is 41.0. The monoisotopic (exact) mass is 843 g/mol. The Kier molecular flexibility index (Phi) is 11.4. The molecule has 0 aliphatic heterocycles. The van der Waals surface area contributed by atoms with Crippen LogP contribution in [0.25, 0.3) is 11.5 Å². The van der Waals surface area contributed by atoms with Crippen molar-refractivity contribution in [3.05, 3.63) is 59.5 Å². The van der Waals surface area contributed by atoms with Gasteiger partial charge in [0.15, 0.2) is 5.78 Å². The standard InChI is InChI=1S/C21H26F2N4O3S.C20H29N3O3S/c1-31(28,29)27(12-21-7-13-4-14(8-21)6-15(5-13)9-21)11-17-3-2-16(10-24-17)19-25-26-20(30-19)18(22)23;1-27(25,26)23(12-18-3-2-17(11-22-18)19(24)10-21)13-20-7-14-4-15(8-20)6-16(5-14)9-20/h2-3,10,13-15,18H,4-9,11-12H2,1H3;2-3,11,14-16H,4-10,12-13,21H2,1H3. The van der Waals surface area contributed by atoms with Crippen LogP contribution in [0.15, 0.2) is 41.1 Å². The maximum absolute atomic E-state index is 12.6. The second-order valence-electron chi connectivity index (χ2n) is 18.8. The van der Waals surface area contributed by atoms with Crippen LogP contribution >= 0.6 is 0 Å². The maximum Gasteiger partial charge on any atom is 0.314 e. The Hall–Kier alpha value is -3.25. The zero-order valence-electron chi connectivity index (χ0n) is 33.3. The van der Waals surface area contributed by atoms with E-state index in [9.17, 15) is 30.4 Å². The highest BCUT2D eigenvalue weighted by molar-refractivity contribution is 7.88. The van der Waals surface area contributed by atoms with Crippen LogP contribution in [-0.2, 0) is 33.1 Å². The first-order valence-corrected chi connectivity index (χ1v) is 24.3. The Balaban J connectivity index is 0.000000164. The van der Waals surface area contributed by atoms with Gasteiger partial charge in [-0.05, 0) is 148 Å². The van der Waals surface area contributed by atoms with E-state index in [0.29, 0.717) is 35.6 Å². The van der Waals surface area contributed by atoms with E-state index < -0.39 is 32.4 Å². The predicted molar refractivity (Wildman–Crippen MR) is 212 cm³/mol. The minimum atomic E-state index is -3.41. The maximum atomic E-state index is 12.6. The van der Waals surface area contributed by atoms with Crippen LogP contribution in [0.2, 0.25) is 0 Å². The van der Waals surface area contributed by atoms with Gasteiger partial charge in [-0.15, -0.1) is 10.2 Å². The number of pyridine rings is 2. The lowest BCUT2D eigenvalue weighted by molar-refractivity contribution is -0.0608. The minimum Gasteiger partial charge on any atom is -0.415 e. The average molecular weight is 844 g/mol. The molecule has 11 rings (SSSR count). The van der Waals surface area contributed by atoms with E-state index in [2.05, 4.69) is 20.2 Å². The van der Waals surface area contributed by atoms with Gasteiger partial charge in [-0.2, -0.15) is 17.4 Å². The number of ketones is 1. The SMILES string of the molecule is CS(=O)(=O)N(Cc1ccc(-c2nnc(C(F)F)o2)cn1)CC12CC3CC(CC(C3)C1)C2.CS(=O)(=O)N(Cc1ccc(C(=O)CN)cn1)CC12CC3CC(CC(C3)C1)C2. The second kappa shape index (κ2) is 16.0. The van der Waals surface area contributed by atoms with Gasteiger partial charge in [0, 0.05) is 31.0 Å². The van der Waals surface area contributed by atoms with Crippen molar-refractivity contribution in [1.29, 1.82) is 0 Å². The van der Waals surface area contributed by atoms with Gasteiger partial charge >= 0.3 is 6.43 Å². The molecule has 8 bridgehead atoms. The predicted octanol–water partition coefficient (Wildman–Crippen LogP) is 6.25. The number of sulfonamides is 2. The molecule has 13 nitrogen and oxygen atoms in total. The summed E-state index contributed by atoms with van der Waals surface area (Å²) in [7, 11) is -6.74. The lowest BCUT2D eigenvalue weighted by atomic mass is 9.49. The van der Waals surface area contributed by atoms with E-state index in [1.54, 1.807) is 32.9 Å². The highest BCUT2D eigenvalue weighted by Gasteiger charge is 2.53. The number of Topliss-reactive ketones (excluding diaryl/α,β-unsaturated/α-hetero) is 1. The van der Waals surface area contributed by atoms with Crippen LogP contribution in [0.3, 0.4) is 0 Å². The van der Waals surface area contributed by atoms with Crippen molar-refractivity contribution in [3.8, 4) is 11.5 Å². The van der Waals surface area contributed by atoms with Crippen LogP contribution in [0.5, 0.6) is 0 Å². The zero-order valence-corrected chi connectivity index (χ0v) is 34.9. The van der Waals surface area contributed by atoms with Crippen molar-refractivity contribution in [2.24, 2.45) is 52.1 Å². The topological polar surface area (TPSA) is 183 Å². The van der Waals surface area contributed by atoms with E-state index in [-0.39, 0.29) is 42.1 Å². The first-order chi connectivity index (χ1) is 27.5. The molecule has 0 saturated heterocycles. The molecule has 2 N–H and O–H groups in total. The lowest BCUT2D eigenvalue weighted by Crippen LogP contribution is -2.51. The molecule has 0 unspecified atom stereocenters. The molecule has 8 saturated carbocycles. The van der Waals surface area contributed by atoms with Crippen molar-refractivity contribution in [2.45, 2.75) is 96.6 Å². The first kappa shape index (κ1) is 41.5. The molecule has 8 aliphatic rings. The summed E-state index contributed by atoms with van der Waals surface area (Å²) in [5.74, 6) is 3.67. The Morgan fingerprint density at radius 3 is 1.48 bits per heavy atom. The summed E-state index contributed by atoms with van der Waals surface area (Å²) >= 11 is 0. The summed E-state index contributed by atoms with van der Waals surface area (Å²) in [6.07, 6.45) is 17.5. The van der Waals surface area contributed by atoms with Crippen LogP contribution in [0.4, 0.5) is 8.78 Å². The van der Waals surface area contributed by atoms with Crippen molar-refractivity contribution in [3.63, 3.8) is 0 Å². The van der Waals surface area contributed by atoms with Gasteiger partial charge in [0.2, 0.25) is 25.9 Å². The number of aromatic nitrogens is 4. The Morgan fingerprint density at radius 2 is 1.16 bits per heavy atom. The van der Waals surface area contributed by atoms with Gasteiger partial charge < -0.3 is 10.2 Å². The number of nitrogens with zero attached hydrogens (tertiary/aromatic N) is 6. The fourth-order valence-corrected chi connectivity index (χ4v) is 14.3. The van der Waals surface area contributed by atoms with Gasteiger partial charge in [-0.1, -0.05) is 0 Å². The molecule has 316 valence electrons. The van der Waals surface area contributed by atoms with Gasteiger partial charge in [-0.3, -0.25) is 14.8 Å². The van der Waals surface area contributed by atoms with Gasteiger partial charge in [0.1, 0.15) is 0 Å². The van der Waals surface area contributed by atoms with Crippen molar-refractivity contribution >= 4 is 25.8 Å². The van der Waals surface area contributed by atoms with Crippen molar-refractivity contribution < 1.29 is 34.8 Å². The van der Waals surface area contributed by atoms with E-state index in [4.69, 9.17) is 10.2 Å². The molecule has 3 aromatic heterocycles. The molecule has 17 heteroatoms. The van der Waals surface area contributed by atoms with Crippen LogP contribution < -0.4 is 5.73 Å². The van der Waals surface area contributed by atoms with Crippen molar-refractivity contribution in [1.82, 2.24) is 28.8 Å².